The van der Waals surface area contributed by atoms with Crippen LogP contribution in [0.2, 0.25) is 0 Å². The topological polar surface area (TPSA) is 18.5 Å². The minimum atomic E-state index is -0.565. The number of terminal acetylenes is 1. The first kappa shape index (κ1) is 16.2. The lowest BCUT2D eigenvalue weighted by molar-refractivity contribution is 0.243. The number of fused-ring (bicyclic) bond motifs is 3. The summed E-state index contributed by atoms with van der Waals surface area (Å²) in [5.41, 5.74) is 0. The van der Waals surface area contributed by atoms with Gasteiger partial charge < -0.3 is 9.47 Å². The number of benzene rings is 2. The molecular weight excluding hydrogens is 342 g/mol. The zero-order chi connectivity index (χ0) is 17.4. The van der Waals surface area contributed by atoms with E-state index >= 15 is 0 Å². The first-order valence-electron chi connectivity index (χ1n) is 8.27. The summed E-state index contributed by atoms with van der Waals surface area (Å²) >= 11 is 1.05. The maximum absolute atomic E-state index is 14.9. The van der Waals surface area contributed by atoms with E-state index in [0.717, 1.165) is 24.2 Å². The minimum Gasteiger partial charge on any atom is -0.490 e. The van der Waals surface area contributed by atoms with Gasteiger partial charge in [-0.3, -0.25) is 0 Å². The molecule has 0 amide bonds. The van der Waals surface area contributed by atoms with Crippen LogP contribution in [0.4, 0.5) is 8.78 Å². The predicted octanol–water partition coefficient (Wildman–Crippen LogP) is 5.87. The van der Waals surface area contributed by atoms with Crippen molar-refractivity contribution in [1.82, 2.24) is 0 Å². The second-order valence-corrected chi connectivity index (χ2v) is 7.31. The molecular formula is C20H16F2O2S. The van der Waals surface area contributed by atoms with Crippen molar-refractivity contribution in [2.75, 3.05) is 6.61 Å². The molecule has 4 rings (SSSR count). The average Bonchev–Trinajstić information content (AvgIpc) is 3.25. The first-order valence-corrected chi connectivity index (χ1v) is 9.09. The average molecular weight is 358 g/mol. The van der Waals surface area contributed by atoms with Gasteiger partial charge in [0.2, 0.25) is 0 Å². The Morgan fingerprint density at radius 1 is 1.00 bits per heavy atom. The van der Waals surface area contributed by atoms with Crippen molar-refractivity contribution < 1.29 is 18.3 Å². The molecule has 0 spiro atoms. The van der Waals surface area contributed by atoms with E-state index in [4.69, 9.17) is 15.9 Å². The van der Waals surface area contributed by atoms with Gasteiger partial charge in [0, 0.05) is 10.8 Å². The molecule has 0 aliphatic heterocycles. The van der Waals surface area contributed by atoms with Crippen molar-refractivity contribution >= 4 is 31.5 Å². The van der Waals surface area contributed by atoms with Crippen LogP contribution in [0.25, 0.3) is 20.2 Å². The number of hydrogen-bond acceptors (Lipinski definition) is 3. The van der Waals surface area contributed by atoms with E-state index in [1.54, 1.807) is 18.2 Å². The fourth-order valence-corrected chi connectivity index (χ4v) is 4.60. The zero-order valence-corrected chi connectivity index (χ0v) is 14.3. The molecule has 0 radical (unpaired) electrons. The Labute approximate surface area is 148 Å². The van der Waals surface area contributed by atoms with Gasteiger partial charge in [-0.05, 0) is 43.0 Å². The largest absolute Gasteiger partial charge is 0.490 e. The van der Waals surface area contributed by atoms with Gasteiger partial charge in [0.05, 0.1) is 16.0 Å². The summed E-state index contributed by atoms with van der Waals surface area (Å²) in [4.78, 5) is 0. The van der Waals surface area contributed by atoms with Gasteiger partial charge in [0.25, 0.3) is 0 Å². The molecule has 1 fully saturated rings. The number of halogens is 2. The lowest BCUT2D eigenvalue weighted by Crippen LogP contribution is -2.08. The molecule has 0 N–H and O–H groups in total. The maximum Gasteiger partial charge on any atom is 0.184 e. The predicted molar refractivity (Wildman–Crippen MR) is 96.2 cm³/mol. The molecule has 2 aromatic carbocycles. The Balaban J connectivity index is 1.74. The number of ether oxygens (including phenoxy) is 2. The highest BCUT2D eigenvalue weighted by Crippen LogP contribution is 2.41. The van der Waals surface area contributed by atoms with Crippen LogP contribution in [-0.2, 0) is 0 Å². The normalized spacial score (nSPS) is 14.9. The summed E-state index contributed by atoms with van der Waals surface area (Å²) in [7, 11) is 0. The van der Waals surface area contributed by atoms with E-state index in [2.05, 4.69) is 0 Å². The summed E-state index contributed by atoms with van der Waals surface area (Å²) in [5.74, 6) is -0.301. The summed E-state index contributed by atoms with van der Waals surface area (Å²) < 4.78 is 40.6. The van der Waals surface area contributed by atoms with Gasteiger partial charge in [-0.2, -0.15) is 0 Å². The first-order chi connectivity index (χ1) is 12.2. The van der Waals surface area contributed by atoms with Crippen LogP contribution in [0.15, 0.2) is 24.3 Å². The molecule has 0 unspecified atom stereocenters. The third-order valence-corrected chi connectivity index (χ3v) is 5.94. The molecule has 1 saturated carbocycles. The molecule has 1 aliphatic rings. The second kappa shape index (κ2) is 6.53. The highest BCUT2D eigenvalue weighted by atomic mass is 32.1. The van der Waals surface area contributed by atoms with Crippen LogP contribution in [0.5, 0.6) is 11.5 Å². The van der Waals surface area contributed by atoms with Gasteiger partial charge in [0.15, 0.2) is 23.1 Å². The third-order valence-electron chi connectivity index (χ3n) is 4.74. The van der Waals surface area contributed by atoms with E-state index in [0.29, 0.717) is 32.7 Å². The van der Waals surface area contributed by atoms with Gasteiger partial charge >= 0.3 is 0 Å². The molecule has 0 atom stereocenters. The van der Waals surface area contributed by atoms with Crippen molar-refractivity contribution in [3.05, 3.63) is 35.9 Å². The Bertz CT molecular complexity index is 981. The maximum atomic E-state index is 14.9. The van der Waals surface area contributed by atoms with Crippen molar-refractivity contribution in [2.24, 2.45) is 5.92 Å². The van der Waals surface area contributed by atoms with Crippen molar-refractivity contribution in [2.45, 2.75) is 25.7 Å². The number of hydrogen-bond donors (Lipinski definition) is 0. The van der Waals surface area contributed by atoms with Crippen LogP contribution < -0.4 is 9.47 Å². The van der Waals surface area contributed by atoms with Gasteiger partial charge in [0.1, 0.15) is 6.11 Å². The quantitative estimate of drug-likeness (QED) is 0.543. The van der Waals surface area contributed by atoms with Crippen molar-refractivity contribution in [1.29, 1.82) is 0 Å². The van der Waals surface area contributed by atoms with Crippen LogP contribution in [0.1, 0.15) is 25.7 Å². The third kappa shape index (κ3) is 2.81. The zero-order valence-electron chi connectivity index (χ0n) is 13.5. The minimum absolute atomic E-state index is 0.0281. The van der Waals surface area contributed by atoms with E-state index < -0.39 is 11.6 Å². The van der Waals surface area contributed by atoms with E-state index in [9.17, 15) is 8.78 Å². The summed E-state index contributed by atoms with van der Waals surface area (Å²) in [5, 5.41) is 1.31. The molecule has 128 valence electrons. The second-order valence-electron chi connectivity index (χ2n) is 6.29. The molecule has 3 aromatic rings. The lowest BCUT2D eigenvalue weighted by Gasteiger charge is -2.12. The SMILES string of the molecule is C#COc1ccc2c(sc3c(F)c(OCC4CCCC4)ccc32)c1F. The van der Waals surface area contributed by atoms with Crippen molar-refractivity contribution in [3.63, 3.8) is 0 Å². The van der Waals surface area contributed by atoms with Gasteiger partial charge in [-0.15, -0.1) is 11.3 Å². The number of rotatable bonds is 4. The highest BCUT2D eigenvalue weighted by Gasteiger charge is 2.20. The van der Waals surface area contributed by atoms with Crippen LogP contribution in [-0.4, -0.2) is 6.61 Å². The molecule has 1 aliphatic carbocycles. The van der Waals surface area contributed by atoms with Crippen LogP contribution in [0.3, 0.4) is 0 Å². The molecule has 5 heteroatoms. The van der Waals surface area contributed by atoms with Gasteiger partial charge in [-0.25, -0.2) is 8.78 Å². The van der Waals surface area contributed by atoms with Crippen molar-refractivity contribution in [3.8, 4) is 24.0 Å². The highest BCUT2D eigenvalue weighted by molar-refractivity contribution is 7.25. The number of thiophene rings is 1. The van der Waals surface area contributed by atoms with Crippen LogP contribution in [0, 0.1) is 30.1 Å². The Hall–Kier alpha value is -2.32. The monoisotopic (exact) mass is 358 g/mol. The summed E-state index contributed by atoms with van der Waals surface area (Å²) in [6.07, 6.45) is 11.7. The molecule has 0 bridgehead atoms. The van der Waals surface area contributed by atoms with E-state index in [-0.39, 0.29) is 11.5 Å². The molecule has 1 heterocycles. The fraction of sp³-hybridized carbons (Fsp3) is 0.300. The Morgan fingerprint density at radius 3 is 2.24 bits per heavy atom. The lowest BCUT2D eigenvalue weighted by atomic mass is 10.1. The molecule has 0 saturated heterocycles. The smallest absolute Gasteiger partial charge is 0.184 e. The molecule has 25 heavy (non-hydrogen) atoms. The van der Waals surface area contributed by atoms with Gasteiger partial charge in [-0.1, -0.05) is 19.3 Å². The Morgan fingerprint density at radius 2 is 1.60 bits per heavy atom. The molecule has 1 aromatic heterocycles. The fourth-order valence-electron chi connectivity index (χ4n) is 3.44. The summed E-state index contributed by atoms with van der Waals surface area (Å²) in [6, 6.07) is 6.57. The summed E-state index contributed by atoms with van der Waals surface area (Å²) in [6.45, 7) is 0.530. The van der Waals surface area contributed by atoms with E-state index in [1.165, 1.54) is 18.9 Å². The van der Waals surface area contributed by atoms with E-state index in [1.807, 2.05) is 6.11 Å². The molecule has 2 nitrogen and oxygen atoms in total. The Kier molecular flexibility index (Phi) is 4.22. The standard InChI is InChI=1S/C20H16F2O2S/c1-2-23-15-9-7-13-14-8-10-16(24-11-12-5-3-4-6-12)18(22)20(14)25-19(13)17(15)21/h1,7-10,12H,3-6,11H2. The van der Waals surface area contributed by atoms with Crippen LogP contribution >= 0.6 is 11.3 Å².